The van der Waals surface area contributed by atoms with Crippen LogP contribution in [0.15, 0.2) is 90.2 Å². The fourth-order valence-corrected chi connectivity index (χ4v) is 3.43. The molecule has 0 aliphatic carbocycles. The molecule has 1 aromatic heterocycles. The molecule has 0 fully saturated rings. The van der Waals surface area contributed by atoms with Gasteiger partial charge in [0.25, 0.3) is 0 Å². The van der Waals surface area contributed by atoms with Gasteiger partial charge in [0.2, 0.25) is 5.96 Å². The molecule has 0 spiro atoms. The molecule has 3 N–H and O–H groups in total. The Morgan fingerprint density at radius 2 is 1.91 bits per heavy atom. The quantitative estimate of drug-likeness (QED) is 0.133. The Kier molecular flexibility index (Phi) is 9.39. The summed E-state index contributed by atoms with van der Waals surface area (Å²) in [7, 11) is 0. The topological polar surface area (TPSA) is 110 Å². The van der Waals surface area contributed by atoms with Crippen LogP contribution in [-0.4, -0.2) is 28.6 Å². The van der Waals surface area contributed by atoms with Crippen LogP contribution in [0.5, 0.6) is 0 Å². The number of carboxylic acids is 1. The van der Waals surface area contributed by atoms with Crippen molar-refractivity contribution in [2.45, 2.75) is 25.7 Å². The molecule has 0 radical (unpaired) electrons. The average Bonchev–Trinajstić information content (AvgIpc) is 2.85. The normalized spacial score (nSPS) is 11.5. The van der Waals surface area contributed by atoms with E-state index in [0.29, 0.717) is 25.3 Å². The molecule has 0 bridgehead atoms. The molecular weight excluding hydrogens is 426 g/mol. The van der Waals surface area contributed by atoms with Crippen molar-refractivity contribution in [3.8, 4) is 6.19 Å². The van der Waals surface area contributed by atoms with Gasteiger partial charge >= 0.3 is 5.97 Å². The molecule has 7 nitrogen and oxygen atoms in total. The van der Waals surface area contributed by atoms with Crippen LogP contribution in [0, 0.1) is 11.5 Å². The fourth-order valence-electron chi connectivity index (χ4n) is 3.43. The molecule has 3 rings (SSSR count). The van der Waals surface area contributed by atoms with Gasteiger partial charge in [0.1, 0.15) is 0 Å². The predicted octanol–water partition coefficient (Wildman–Crippen LogP) is 4.85. The number of nitrogens with one attached hydrogen (secondary N) is 2. The van der Waals surface area contributed by atoms with Crippen LogP contribution in [0.25, 0.3) is 5.57 Å². The number of nitrogens with zero attached hydrogens (tertiary/aromatic N) is 3. The van der Waals surface area contributed by atoms with Gasteiger partial charge in [-0.3, -0.25) is 20.1 Å². The van der Waals surface area contributed by atoms with Gasteiger partial charge in [0.05, 0.1) is 0 Å². The molecule has 0 atom stereocenters. The van der Waals surface area contributed by atoms with Crippen molar-refractivity contribution in [3.05, 3.63) is 102 Å². The number of hydrogen-bond donors (Lipinski definition) is 3. The second-order valence-corrected chi connectivity index (χ2v) is 7.55. The van der Waals surface area contributed by atoms with Crippen molar-refractivity contribution in [1.82, 2.24) is 10.3 Å². The summed E-state index contributed by atoms with van der Waals surface area (Å²) in [5, 5.41) is 23.9. The highest BCUT2D eigenvalue weighted by Crippen LogP contribution is 2.26. The van der Waals surface area contributed by atoms with E-state index in [0.717, 1.165) is 28.8 Å². The summed E-state index contributed by atoms with van der Waals surface area (Å²) in [5.41, 5.74) is 4.83. The summed E-state index contributed by atoms with van der Waals surface area (Å²) in [6, 6.07) is 21.7. The summed E-state index contributed by atoms with van der Waals surface area (Å²) in [5.74, 6) is -0.421. The SMILES string of the molecule is N#CNC(=NCCc1ccccc1)Nc1cccc(/C(=C\CCCC(=O)O)c2cccnc2)c1. The molecule has 3 aromatic rings. The molecule has 7 heteroatoms. The number of carboxylic acid groups (broad SMARTS) is 1. The lowest BCUT2D eigenvalue weighted by atomic mass is 9.97. The first kappa shape index (κ1) is 24.2. The number of hydrogen-bond acceptors (Lipinski definition) is 4. The molecule has 1 heterocycles. The number of anilines is 1. The minimum absolute atomic E-state index is 0.126. The molecule has 172 valence electrons. The van der Waals surface area contributed by atoms with E-state index in [4.69, 9.17) is 10.4 Å². The second-order valence-electron chi connectivity index (χ2n) is 7.55. The summed E-state index contributed by atoms with van der Waals surface area (Å²) < 4.78 is 0. The Morgan fingerprint density at radius 3 is 2.65 bits per heavy atom. The number of aromatic nitrogens is 1. The van der Waals surface area contributed by atoms with Gasteiger partial charge in [0, 0.05) is 36.6 Å². The van der Waals surface area contributed by atoms with E-state index in [9.17, 15) is 4.79 Å². The maximum Gasteiger partial charge on any atom is 0.303 e. The molecule has 0 amide bonds. The zero-order chi connectivity index (χ0) is 24.0. The molecule has 0 unspecified atom stereocenters. The van der Waals surface area contributed by atoms with Crippen LogP contribution in [0.2, 0.25) is 0 Å². The highest BCUT2D eigenvalue weighted by Gasteiger charge is 2.08. The second kappa shape index (κ2) is 13.2. The van der Waals surface area contributed by atoms with Crippen LogP contribution in [-0.2, 0) is 11.2 Å². The maximum atomic E-state index is 10.9. The molecule has 0 aliphatic heterocycles. The van der Waals surface area contributed by atoms with Crippen LogP contribution < -0.4 is 10.6 Å². The maximum absolute atomic E-state index is 10.9. The minimum atomic E-state index is -0.799. The van der Waals surface area contributed by atoms with E-state index in [1.807, 2.05) is 79.0 Å². The van der Waals surface area contributed by atoms with E-state index < -0.39 is 5.97 Å². The minimum Gasteiger partial charge on any atom is -0.481 e. The zero-order valence-electron chi connectivity index (χ0n) is 18.8. The largest absolute Gasteiger partial charge is 0.481 e. The Balaban J connectivity index is 1.77. The van der Waals surface area contributed by atoms with Gasteiger partial charge < -0.3 is 10.4 Å². The predicted molar refractivity (Wildman–Crippen MR) is 134 cm³/mol. The van der Waals surface area contributed by atoms with Crippen molar-refractivity contribution in [3.63, 3.8) is 0 Å². The number of benzene rings is 2. The summed E-state index contributed by atoms with van der Waals surface area (Å²) >= 11 is 0. The van der Waals surface area contributed by atoms with E-state index in [-0.39, 0.29) is 6.42 Å². The number of nitriles is 1. The third-order valence-corrected chi connectivity index (χ3v) is 5.04. The first-order valence-corrected chi connectivity index (χ1v) is 11.1. The lowest BCUT2D eigenvalue weighted by Crippen LogP contribution is -2.27. The standard InChI is InChI=1S/C27H27N5O2/c28-20-31-27(30-17-15-21-8-2-1-3-9-21)32-24-12-6-10-22(18-24)25(13-4-5-14-26(33)34)23-11-7-16-29-19-23/h1-3,6-13,16,18-19H,4-5,14-15,17H2,(H,33,34)(H2,30,31,32)/b25-13+. The van der Waals surface area contributed by atoms with Gasteiger partial charge in [-0.1, -0.05) is 54.6 Å². The Bertz CT molecular complexity index is 1170. The van der Waals surface area contributed by atoms with Crippen LogP contribution in [0.1, 0.15) is 36.0 Å². The summed E-state index contributed by atoms with van der Waals surface area (Å²) in [6.45, 7) is 0.533. The third-order valence-electron chi connectivity index (χ3n) is 5.04. The molecule has 0 aliphatic rings. The summed E-state index contributed by atoms with van der Waals surface area (Å²) in [6.07, 6.45) is 9.57. The summed E-state index contributed by atoms with van der Waals surface area (Å²) in [4.78, 5) is 19.6. The van der Waals surface area contributed by atoms with Gasteiger partial charge in [-0.05, 0) is 54.2 Å². The fraction of sp³-hybridized carbons (Fsp3) is 0.185. The molecular formula is C27H27N5O2. The van der Waals surface area contributed by atoms with Crippen molar-refractivity contribution in [2.75, 3.05) is 11.9 Å². The molecule has 2 aromatic carbocycles. The first-order valence-electron chi connectivity index (χ1n) is 11.1. The number of allylic oxidation sites excluding steroid dienone is 1. The van der Waals surface area contributed by atoms with E-state index in [2.05, 4.69) is 20.6 Å². The smallest absolute Gasteiger partial charge is 0.303 e. The lowest BCUT2D eigenvalue weighted by Gasteiger charge is -2.12. The van der Waals surface area contributed by atoms with E-state index >= 15 is 0 Å². The Hall–Kier alpha value is -4.44. The van der Waals surface area contributed by atoms with Crippen LogP contribution in [0.4, 0.5) is 5.69 Å². The third kappa shape index (κ3) is 7.92. The van der Waals surface area contributed by atoms with Crippen molar-refractivity contribution >= 4 is 23.2 Å². The molecule has 34 heavy (non-hydrogen) atoms. The van der Waals surface area contributed by atoms with Crippen molar-refractivity contribution < 1.29 is 9.90 Å². The molecule has 0 saturated heterocycles. The zero-order valence-corrected chi connectivity index (χ0v) is 18.8. The van der Waals surface area contributed by atoms with Crippen molar-refractivity contribution in [1.29, 1.82) is 5.26 Å². The van der Waals surface area contributed by atoms with Crippen molar-refractivity contribution in [2.24, 2.45) is 4.99 Å². The van der Waals surface area contributed by atoms with Crippen LogP contribution in [0.3, 0.4) is 0 Å². The highest BCUT2D eigenvalue weighted by atomic mass is 16.4. The lowest BCUT2D eigenvalue weighted by molar-refractivity contribution is -0.137. The first-order chi connectivity index (χ1) is 16.7. The number of aliphatic imine (C=N–C) groups is 1. The number of unbranched alkanes of at least 4 members (excludes halogenated alkanes) is 1. The number of aliphatic carboxylic acids is 1. The van der Waals surface area contributed by atoms with Gasteiger partial charge in [0.15, 0.2) is 6.19 Å². The van der Waals surface area contributed by atoms with E-state index in [1.54, 1.807) is 12.4 Å². The monoisotopic (exact) mass is 453 g/mol. The van der Waals surface area contributed by atoms with Gasteiger partial charge in [-0.2, -0.15) is 5.26 Å². The Labute approximate surface area is 199 Å². The van der Waals surface area contributed by atoms with Crippen LogP contribution >= 0.6 is 0 Å². The molecule has 0 saturated carbocycles. The number of carbonyl (C=O) groups is 1. The number of guanidine groups is 1. The highest BCUT2D eigenvalue weighted by molar-refractivity contribution is 5.95. The number of rotatable bonds is 10. The van der Waals surface area contributed by atoms with Gasteiger partial charge in [-0.15, -0.1) is 0 Å². The van der Waals surface area contributed by atoms with E-state index in [1.165, 1.54) is 5.56 Å². The van der Waals surface area contributed by atoms with Gasteiger partial charge in [-0.25, -0.2) is 0 Å². The number of pyridine rings is 1. The Morgan fingerprint density at radius 1 is 1.09 bits per heavy atom. The average molecular weight is 454 g/mol.